The average Bonchev–Trinajstić information content (AvgIpc) is 3.06. The second-order valence-corrected chi connectivity index (χ2v) is 6.84. The number of benzene rings is 2. The number of rotatable bonds is 5. The molecule has 1 aliphatic rings. The third-order valence-electron chi connectivity index (χ3n) is 5.12. The van der Waals surface area contributed by atoms with Crippen molar-refractivity contribution in [1.82, 2.24) is 14.9 Å². The van der Waals surface area contributed by atoms with E-state index in [0.29, 0.717) is 12.4 Å². The summed E-state index contributed by atoms with van der Waals surface area (Å²) in [5, 5.41) is 3.30. The van der Waals surface area contributed by atoms with Crippen molar-refractivity contribution < 1.29 is 9.18 Å². The van der Waals surface area contributed by atoms with Gasteiger partial charge in [-0.05, 0) is 62.2 Å². The van der Waals surface area contributed by atoms with Crippen LogP contribution in [0.3, 0.4) is 0 Å². The van der Waals surface area contributed by atoms with Crippen LogP contribution in [-0.4, -0.2) is 28.4 Å². The molecule has 0 radical (unpaired) electrons. The van der Waals surface area contributed by atoms with Gasteiger partial charge in [-0.1, -0.05) is 24.3 Å². The van der Waals surface area contributed by atoms with Crippen LogP contribution in [-0.2, 0) is 13.0 Å². The number of hydrogen-bond donors (Lipinski definition) is 1. The van der Waals surface area contributed by atoms with Gasteiger partial charge in [-0.15, -0.1) is 0 Å². The van der Waals surface area contributed by atoms with Crippen LogP contribution in [0, 0.1) is 11.7 Å². The molecular weight excluding hydrogens is 329 g/mol. The first-order chi connectivity index (χ1) is 12.7. The molecule has 1 aliphatic heterocycles. The molecule has 26 heavy (non-hydrogen) atoms. The molecule has 0 saturated carbocycles. The van der Waals surface area contributed by atoms with Crippen LogP contribution in [0.4, 0.5) is 4.39 Å². The maximum Gasteiger partial charge on any atom is 0.201 e. The fourth-order valence-corrected chi connectivity index (χ4v) is 3.65. The zero-order chi connectivity index (χ0) is 17.9. The third kappa shape index (κ3) is 3.40. The van der Waals surface area contributed by atoms with E-state index >= 15 is 0 Å². The highest BCUT2D eigenvalue weighted by Gasteiger charge is 2.27. The smallest absolute Gasteiger partial charge is 0.201 e. The molecule has 0 bridgehead atoms. The fourth-order valence-electron chi connectivity index (χ4n) is 3.65. The molecule has 0 spiro atoms. The number of carbonyl (C=O) groups excluding carboxylic acids is 1. The average molecular weight is 351 g/mol. The van der Waals surface area contributed by atoms with Crippen molar-refractivity contribution in [3.05, 3.63) is 65.7 Å². The summed E-state index contributed by atoms with van der Waals surface area (Å²) in [6, 6.07) is 14.4. The molecule has 134 valence electrons. The number of Topliss-reactive ketones (excluding diaryl/α,β-unsaturated/α-hetero) is 1. The number of aromatic nitrogens is 2. The molecule has 3 aromatic rings. The Bertz CT molecular complexity index is 911. The molecule has 2 heterocycles. The number of aryl methyl sites for hydroxylation is 2. The van der Waals surface area contributed by atoms with E-state index in [2.05, 4.69) is 10.3 Å². The van der Waals surface area contributed by atoms with Crippen LogP contribution in [0.5, 0.6) is 0 Å². The summed E-state index contributed by atoms with van der Waals surface area (Å²) >= 11 is 0. The van der Waals surface area contributed by atoms with Gasteiger partial charge in [0.05, 0.1) is 11.0 Å². The Morgan fingerprint density at radius 2 is 1.85 bits per heavy atom. The van der Waals surface area contributed by atoms with Crippen molar-refractivity contribution in [2.45, 2.75) is 25.8 Å². The van der Waals surface area contributed by atoms with Gasteiger partial charge >= 0.3 is 0 Å². The zero-order valence-corrected chi connectivity index (χ0v) is 14.6. The Labute approximate surface area is 152 Å². The van der Waals surface area contributed by atoms with Crippen LogP contribution >= 0.6 is 0 Å². The SMILES string of the molecule is O=C(c1nc2ccccc2n1CCc1ccc(F)cc1)C1CCNCC1. The first kappa shape index (κ1) is 16.9. The van der Waals surface area contributed by atoms with E-state index in [9.17, 15) is 9.18 Å². The van der Waals surface area contributed by atoms with Crippen LogP contribution in [0.25, 0.3) is 11.0 Å². The number of nitrogens with zero attached hydrogens (tertiary/aromatic N) is 2. The van der Waals surface area contributed by atoms with Gasteiger partial charge in [-0.2, -0.15) is 0 Å². The fraction of sp³-hybridized carbons (Fsp3) is 0.333. The number of imidazole rings is 1. The van der Waals surface area contributed by atoms with Crippen molar-refractivity contribution >= 4 is 16.8 Å². The molecule has 1 saturated heterocycles. The number of para-hydroxylation sites is 2. The standard InChI is InChI=1S/C21H22FN3O/c22-17-7-5-15(6-8-17)11-14-25-19-4-2-1-3-18(19)24-21(25)20(26)16-9-12-23-13-10-16/h1-8,16,23H,9-14H2. The summed E-state index contributed by atoms with van der Waals surface area (Å²) in [4.78, 5) is 17.7. The molecule has 1 N–H and O–H groups in total. The number of halogens is 1. The molecule has 0 atom stereocenters. The molecule has 1 fully saturated rings. The second kappa shape index (κ2) is 7.38. The van der Waals surface area contributed by atoms with E-state index in [1.807, 2.05) is 28.8 Å². The first-order valence-electron chi connectivity index (χ1n) is 9.17. The van der Waals surface area contributed by atoms with E-state index in [-0.39, 0.29) is 17.5 Å². The van der Waals surface area contributed by atoms with E-state index in [1.54, 1.807) is 12.1 Å². The molecule has 0 aliphatic carbocycles. The summed E-state index contributed by atoms with van der Waals surface area (Å²) in [6.45, 7) is 2.41. The first-order valence-corrected chi connectivity index (χ1v) is 9.17. The van der Waals surface area contributed by atoms with E-state index in [1.165, 1.54) is 12.1 Å². The molecule has 4 nitrogen and oxygen atoms in total. The van der Waals surface area contributed by atoms with Gasteiger partial charge in [0.1, 0.15) is 5.82 Å². The number of piperidine rings is 1. The Morgan fingerprint density at radius 1 is 1.12 bits per heavy atom. The summed E-state index contributed by atoms with van der Waals surface area (Å²) in [5.41, 5.74) is 2.88. The molecule has 0 unspecified atom stereocenters. The Balaban J connectivity index is 1.64. The predicted molar refractivity (Wildman–Crippen MR) is 99.8 cm³/mol. The molecule has 0 amide bonds. The van der Waals surface area contributed by atoms with Gasteiger partial charge in [0.2, 0.25) is 5.78 Å². The topological polar surface area (TPSA) is 46.9 Å². The molecule has 2 aromatic carbocycles. The molecule has 1 aromatic heterocycles. The zero-order valence-electron chi connectivity index (χ0n) is 14.6. The summed E-state index contributed by atoms with van der Waals surface area (Å²) in [5.74, 6) is 0.503. The largest absolute Gasteiger partial charge is 0.321 e. The normalized spacial score (nSPS) is 15.4. The highest BCUT2D eigenvalue weighted by atomic mass is 19.1. The molecule has 4 rings (SSSR count). The lowest BCUT2D eigenvalue weighted by atomic mass is 9.93. The van der Waals surface area contributed by atoms with E-state index in [0.717, 1.165) is 48.9 Å². The Hall–Kier alpha value is -2.53. The highest BCUT2D eigenvalue weighted by molar-refractivity contribution is 5.98. The lowest BCUT2D eigenvalue weighted by molar-refractivity contribution is 0.0880. The minimum Gasteiger partial charge on any atom is -0.321 e. The number of hydrogen-bond acceptors (Lipinski definition) is 3. The van der Waals surface area contributed by atoms with Crippen molar-refractivity contribution in [1.29, 1.82) is 0 Å². The van der Waals surface area contributed by atoms with Crippen LogP contribution < -0.4 is 5.32 Å². The van der Waals surface area contributed by atoms with Gasteiger partial charge in [-0.25, -0.2) is 9.37 Å². The predicted octanol–water partition coefficient (Wildman–Crippen LogP) is 3.60. The van der Waals surface area contributed by atoms with Gasteiger partial charge < -0.3 is 9.88 Å². The van der Waals surface area contributed by atoms with Crippen LogP contribution in [0.15, 0.2) is 48.5 Å². The third-order valence-corrected chi connectivity index (χ3v) is 5.12. The number of fused-ring (bicyclic) bond motifs is 1. The van der Waals surface area contributed by atoms with Crippen molar-refractivity contribution in [3.63, 3.8) is 0 Å². The maximum absolute atomic E-state index is 13.1. The monoisotopic (exact) mass is 351 g/mol. The molecule has 5 heteroatoms. The van der Waals surface area contributed by atoms with Crippen molar-refractivity contribution in [2.75, 3.05) is 13.1 Å². The minimum absolute atomic E-state index is 0.0395. The minimum atomic E-state index is -0.233. The van der Waals surface area contributed by atoms with E-state index < -0.39 is 0 Å². The number of ketones is 1. The van der Waals surface area contributed by atoms with Gasteiger partial charge in [-0.3, -0.25) is 4.79 Å². The lowest BCUT2D eigenvalue weighted by Crippen LogP contribution is -2.33. The lowest BCUT2D eigenvalue weighted by Gasteiger charge is -2.21. The van der Waals surface area contributed by atoms with Crippen molar-refractivity contribution in [3.8, 4) is 0 Å². The maximum atomic E-state index is 13.1. The number of nitrogens with one attached hydrogen (secondary N) is 1. The van der Waals surface area contributed by atoms with Gasteiger partial charge in [0.15, 0.2) is 5.82 Å². The van der Waals surface area contributed by atoms with Crippen LogP contribution in [0.2, 0.25) is 0 Å². The summed E-state index contributed by atoms with van der Waals surface area (Å²) in [6.07, 6.45) is 2.45. The van der Waals surface area contributed by atoms with Gasteiger partial charge in [0.25, 0.3) is 0 Å². The second-order valence-electron chi connectivity index (χ2n) is 6.84. The Kier molecular flexibility index (Phi) is 4.80. The number of carbonyl (C=O) groups is 1. The quantitative estimate of drug-likeness (QED) is 0.715. The Morgan fingerprint density at radius 3 is 2.62 bits per heavy atom. The van der Waals surface area contributed by atoms with Gasteiger partial charge in [0, 0.05) is 12.5 Å². The summed E-state index contributed by atoms with van der Waals surface area (Å²) in [7, 11) is 0. The molecular formula is C21H22FN3O. The van der Waals surface area contributed by atoms with E-state index in [4.69, 9.17) is 0 Å². The van der Waals surface area contributed by atoms with Crippen LogP contribution in [0.1, 0.15) is 29.0 Å². The van der Waals surface area contributed by atoms with Crippen molar-refractivity contribution in [2.24, 2.45) is 5.92 Å². The highest BCUT2D eigenvalue weighted by Crippen LogP contribution is 2.23. The summed E-state index contributed by atoms with van der Waals surface area (Å²) < 4.78 is 15.2.